The highest BCUT2D eigenvalue weighted by molar-refractivity contribution is 6.97. The Balaban J connectivity index is 1.12. The monoisotopic (exact) mass is 671 g/mol. The molecule has 4 heterocycles. The topological polar surface area (TPSA) is 9.72 Å². The molecule has 0 amide bonds. The van der Waals surface area contributed by atoms with Gasteiger partial charge in [0.25, 0.3) is 0 Å². The van der Waals surface area contributed by atoms with E-state index in [4.69, 9.17) is 0 Å². The van der Waals surface area contributed by atoms with Crippen molar-refractivity contribution in [1.29, 1.82) is 0 Å². The van der Waals surface area contributed by atoms with E-state index in [2.05, 4.69) is 203 Å². The normalized spacial score (nSPS) is 13.5. The average molecular weight is 671 g/mol. The van der Waals surface area contributed by atoms with Gasteiger partial charge in [-0.25, -0.2) is 0 Å². The van der Waals surface area contributed by atoms with Crippen LogP contribution < -0.4 is 36.4 Å². The molecule has 8 aromatic rings. The summed E-state index contributed by atoms with van der Waals surface area (Å²) < 4.78 is 0. The molecule has 12 rings (SSSR count). The Bertz CT molecular complexity index is 2740. The van der Waals surface area contributed by atoms with E-state index in [0.717, 1.165) is 17.1 Å². The van der Waals surface area contributed by atoms with Crippen LogP contribution in [-0.2, 0) is 0 Å². The van der Waals surface area contributed by atoms with Gasteiger partial charge >= 0.3 is 13.7 Å². The number of rotatable bonds is 3. The first kappa shape index (κ1) is 28.9. The van der Waals surface area contributed by atoms with Crippen molar-refractivity contribution in [2.24, 2.45) is 0 Å². The number of hydrogen-bond donors (Lipinski definition) is 0. The van der Waals surface area contributed by atoms with E-state index >= 15 is 0 Å². The standard InChI is InChI=1S/C48H31B2N3/c1-3-15-32(16-4-1)51(33-17-5-2-6-18-33)34-29-30-44-38(31-34)36-20-8-11-23-40(36)50-42-25-13-24-41-47(42)48-45(27-14-28-46(48)53(44)50)52-43-26-12-9-21-37(43)35-19-7-10-22-39(35)49(41)52/h1-31H. The van der Waals surface area contributed by atoms with Crippen LogP contribution in [0.25, 0.3) is 33.4 Å². The van der Waals surface area contributed by atoms with Gasteiger partial charge in [0.2, 0.25) is 0 Å². The van der Waals surface area contributed by atoms with Crippen molar-refractivity contribution in [2.45, 2.75) is 0 Å². The molecule has 4 aliphatic rings. The van der Waals surface area contributed by atoms with Crippen molar-refractivity contribution in [2.75, 3.05) is 14.5 Å². The van der Waals surface area contributed by atoms with Crippen LogP contribution in [0.15, 0.2) is 188 Å². The quantitative estimate of drug-likeness (QED) is 0.174. The van der Waals surface area contributed by atoms with Crippen LogP contribution in [0, 0.1) is 0 Å². The van der Waals surface area contributed by atoms with E-state index < -0.39 is 0 Å². The lowest BCUT2D eigenvalue weighted by Gasteiger charge is -2.49. The Morgan fingerprint density at radius 3 is 1.38 bits per heavy atom. The second-order valence-electron chi connectivity index (χ2n) is 14.4. The molecule has 244 valence electrons. The third-order valence-electron chi connectivity index (χ3n) is 11.8. The molecule has 4 aliphatic heterocycles. The minimum absolute atomic E-state index is 0.0410. The fourth-order valence-electron chi connectivity index (χ4n) is 9.79. The van der Waals surface area contributed by atoms with Crippen LogP contribution in [-0.4, -0.2) is 13.7 Å². The zero-order chi connectivity index (χ0) is 34.6. The smallest absolute Gasteiger partial charge is 0.329 e. The third-order valence-corrected chi connectivity index (χ3v) is 11.8. The molecule has 0 fully saturated rings. The largest absolute Gasteiger partial charge is 0.376 e. The van der Waals surface area contributed by atoms with Gasteiger partial charge in [0, 0.05) is 56.5 Å². The van der Waals surface area contributed by atoms with Crippen molar-refractivity contribution in [3.8, 4) is 33.4 Å². The fourth-order valence-corrected chi connectivity index (χ4v) is 9.79. The Morgan fingerprint density at radius 2 is 0.755 bits per heavy atom. The molecule has 5 heteroatoms. The lowest BCUT2D eigenvalue weighted by atomic mass is 9.37. The molecule has 0 radical (unpaired) electrons. The van der Waals surface area contributed by atoms with E-state index in [1.165, 1.54) is 78.0 Å². The van der Waals surface area contributed by atoms with Gasteiger partial charge in [-0.05, 0) is 99.2 Å². The fraction of sp³-hybridized carbons (Fsp3) is 0. The van der Waals surface area contributed by atoms with E-state index in [-0.39, 0.29) is 13.7 Å². The summed E-state index contributed by atoms with van der Waals surface area (Å²) in [6, 6.07) is 69.5. The Morgan fingerprint density at radius 1 is 0.302 bits per heavy atom. The first-order chi connectivity index (χ1) is 26.3. The zero-order valence-electron chi connectivity index (χ0n) is 28.9. The Kier molecular flexibility index (Phi) is 5.95. The SMILES string of the molecule is c1ccc(N(c2ccccc2)c2ccc3c(c2)-c2ccccc2B2c4cccc5c4-c4c(cccc4N23)N2B5c3ccccc3-c3ccccc32)cc1. The maximum Gasteiger partial charge on any atom is 0.329 e. The van der Waals surface area contributed by atoms with Crippen LogP contribution in [0.4, 0.5) is 39.8 Å². The van der Waals surface area contributed by atoms with Crippen molar-refractivity contribution in [3.05, 3.63) is 188 Å². The first-order valence-corrected chi connectivity index (χ1v) is 18.5. The maximum atomic E-state index is 2.63. The molecule has 0 saturated carbocycles. The van der Waals surface area contributed by atoms with Gasteiger partial charge in [-0.2, -0.15) is 0 Å². The van der Waals surface area contributed by atoms with Crippen LogP contribution in [0.2, 0.25) is 0 Å². The highest BCUT2D eigenvalue weighted by Gasteiger charge is 2.49. The van der Waals surface area contributed by atoms with Gasteiger partial charge in [0.05, 0.1) is 0 Å². The first-order valence-electron chi connectivity index (χ1n) is 18.5. The lowest BCUT2D eigenvalue weighted by Crippen LogP contribution is -2.65. The molecular formula is C48H31B2N3. The molecule has 0 spiro atoms. The molecule has 53 heavy (non-hydrogen) atoms. The summed E-state index contributed by atoms with van der Waals surface area (Å²) in [5.74, 6) is 0. The van der Waals surface area contributed by atoms with Crippen molar-refractivity contribution in [1.82, 2.24) is 0 Å². The van der Waals surface area contributed by atoms with Gasteiger partial charge in [0.15, 0.2) is 0 Å². The number of benzene rings is 8. The van der Waals surface area contributed by atoms with Crippen LogP contribution in [0.1, 0.15) is 0 Å². The van der Waals surface area contributed by atoms with Crippen LogP contribution in [0.5, 0.6) is 0 Å². The number of anilines is 7. The highest BCUT2D eigenvalue weighted by atomic mass is 15.2. The molecule has 0 saturated heterocycles. The number of hydrogen-bond acceptors (Lipinski definition) is 3. The minimum atomic E-state index is 0.0410. The second-order valence-corrected chi connectivity index (χ2v) is 14.4. The average Bonchev–Trinajstić information content (AvgIpc) is 3.23. The van der Waals surface area contributed by atoms with Gasteiger partial charge in [-0.3, -0.25) is 0 Å². The summed E-state index contributed by atoms with van der Waals surface area (Å²) >= 11 is 0. The van der Waals surface area contributed by atoms with Crippen LogP contribution in [0.3, 0.4) is 0 Å². The summed E-state index contributed by atoms with van der Waals surface area (Å²) in [5.41, 5.74) is 21.7. The molecule has 0 atom stereocenters. The summed E-state index contributed by atoms with van der Waals surface area (Å²) in [7, 11) is 0. The molecule has 0 aromatic heterocycles. The lowest BCUT2D eigenvalue weighted by molar-refractivity contribution is 1.27. The zero-order valence-corrected chi connectivity index (χ0v) is 28.9. The van der Waals surface area contributed by atoms with Gasteiger partial charge in [-0.15, -0.1) is 0 Å². The van der Waals surface area contributed by atoms with E-state index in [1.54, 1.807) is 0 Å². The predicted molar refractivity (Wildman–Crippen MR) is 225 cm³/mol. The third kappa shape index (κ3) is 3.91. The molecular weight excluding hydrogens is 640 g/mol. The molecule has 0 unspecified atom stereocenters. The van der Waals surface area contributed by atoms with Gasteiger partial charge in [-0.1, -0.05) is 127 Å². The molecule has 8 aromatic carbocycles. The minimum Gasteiger partial charge on any atom is -0.376 e. The van der Waals surface area contributed by atoms with Crippen molar-refractivity contribution >= 4 is 75.4 Å². The number of para-hydroxylation sites is 3. The molecule has 0 N–H and O–H groups in total. The Hall–Kier alpha value is -6.71. The molecule has 3 nitrogen and oxygen atoms in total. The summed E-state index contributed by atoms with van der Waals surface area (Å²) in [6.45, 7) is 0.125. The van der Waals surface area contributed by atoms with E-state index in [0.29, 0.717) is 0 Å². The van der Waals surface area contributed by atoms with Gasteiger partial charge in [0.1, 0.15) is 0 Å². The van der Waals surface area contributed by atoms with Crippen molar-refractivity contribution in [3.63, 3.8) is 0 Å². The van der Waals surface area contributed by atoms with E-state index in [9.17, 15) is 0 Å². The number of fused-ring (bicyclic) bond motifs is 16. The highest BCUT2D eigenvalue weighted by Crippen LogP contribution is 2.53. The number of nitrogens with zero attached hydrogens (tertiary/aromatic N) is 3. The summed E-state index contributed by atoms with van der Waals surface area (Å²) in [5, 5.41) is 0. The predicted octanol–water partition coefficient (Wildman–Crippen LogP) is 9.30. The van der Waals surface area contributed by atoms with Gasteiger partial charge < -0.3 is 14.5 Å². The summed E-state index contributed by atoms with van der Waals surface area (Å²) in [4.78, 5) is 7.61. The summed E-state index contributed by atoms with van der Waals surface area (Å²) in [6.07, 6.45) is 0. The van der Waals surface area contributed by atoms with Crippen molar-refractivity contribution < 1.29 is 0 Å². The molecule has 0 aliphatic carbocycles. The van der Waals surface area contributed by atoms with Crippen LogP contribution >= 0.6 is 0 Å². The second kappa shape index (κ2) is 10.9. The van der Waals surface area contributed by atoms with E-state index in [1.807, 2.05) is 0 Å². The Labute approximate surface area is 310 Å². The molecule has 0 bridgehead atoms. The maximum absolute atomic E-state index is 2.63.